The van der Waals surface area contributed by atoms with Crippen LogP contribution in [0.15, 0.2) is 6.07 Å². The van der Waals surface area contributed by atoms with Gasteiger partial charge in [-0.15, -0.1) is 0 Å². The second-order valence-electron chi connectivity index (χ2n) is 9.77. The van der Waals surface area contributed by atoms with Gasteiger partial charge in [0.2, 0.25) is 0 Å². The minimum atomic E-state index is -0.727. The van der Waals surface area contributed by atoms with Crippen molar-refractivity contribution in [3.63, 3.8) is 0 Å². The number of benzene rings is 1. The quantitative estimate of drug-likeness (QED) is 0.420. The zero-order valence-corrected chi connectivity index (χ0v) is 18.9. The molecular weight excluding hydrogens is 364 g/mol. The van der Waals surface area contributed by atoms with Crippen molar-refractivity contribution in [2.45, 2.75) is 98.8 Å². The van der Waals surface area contributed by atoms with E-state index in [4.69, 9.17) is 0 Å². The molecule has 2 N–H and O–H groups in total. The molecule has 4 heteroatoms. The average molecular weight is 403 g/mol. The summed E-state index contributed by atoms with van der Waals surface area (Å²) < 4.78 is 0. The van der Waals surface area contributed by atoms with Gasteiger partial charge < -0.3 is 10.2 Å². The fraction of sp³-hybridized carbons (Fsp3) is 0.680. The van der Waals surface area contributed by atoms with Crippen LogP contribution in [0.3, 0.4) is 0 Å². The van der Waals surface area contributed by atoms with E-state index >= 15 is 0 Å². The van der Waals surface area contributed by atoms with Crippen molar-refractivity contribution in [2.75, 3.05) is 0 Å². The van der Waals surface area contributed by atoms with Crippen LogP contribution in [0.5, 0.6) is 0 Å². The van der Waals surface area contributed by atoms with Gasteiger partial charge in [-0.2, -0.15) is 0 Å². The number of carboxylic acids is 2. The van der Waals surface area contributed by atoms with E-state index in [-0.39, 0.29) is 0 Å². The van der Waals surface area contributed by atoms with E-state index in [1.54, 1.807) is 13.8 Å². The minimum Gasteiger partial charge on any atom is -0.481 e. The van der Waals surface area contributed by atoms with E-state index in [1.807, 2.05) is 0 Å². The molecule has 0 amide bonds. The van der Waals surface area contributed by atoms with E-state index in [9.17, 15) is 19.8 Å². The zero-order chi connectivity index (χ0) is 21.8. The van der Waals surface area contributed by atoms with Crippen molar-refractivity contribution in [1.82, 2.24) is 0 Å². The topological polar surface area (TPSA) is 74.6 Å². The van der Waals surface area contributed by atoms with Crippen LogP contribution in [0.25, 0.3) is 0 Å². The molecule has 0 bridgehead atoms. The number of unbranched alkanes of at least 4 members (excludes halogenated alkanes) is 2. The molecule has 1 fully saturated rings. The molecule has 1 aliphatic carbocycles. The first-order valence-electron chi connectivity index (χ1n) is 11.1. The second kappa shape index (κ2) is 9.32. The minimum absolute atomic E-state index is 0.419. The smallest absolute Gasteiger partial charge is 0.309 e. The number of hydrogen-bond acceptors (Lipinski definition) is 2. The predicted octanol–water partition coefficient (Wildman–Crippen LogP) is 6.01. The first kappa shape index (κ1) is 23.4. The molecule has 0 radical (unpaired) electrons. The number of carbonyl (C=O) groups is 2. The highest BCUT2D eigenvalue weighted by Gasteiger charge is 2.49. The fourth-order valence-corrected chi connectivity index (χ4v) is 4.27. The van der Waals surface area contributed by atoms with Crippen LogP contribution >= 0.6 is 0 Å². The summed E-state index contributed by atoms with van der Waals surface area (Å²) in [7, 11) is 0. The third-order valence-electron chi connectivity index (χ3n) is 7.10. The number of aryl methyl sites for hydroxylation is 2. The molecule has 0 heterocycles. The maximum atomic E-state index is 11.4. The molecule has 0 atom stereocenters. The molecule has 4 nitrogen and oxygen atoms in total. The van der Waals surface area contributed by atoms with Gasteiger partial charge in [-0.05, 0) is 114 Å². The van der Waals surface area contributed by atoms with Crippen molar-refractivity contribution in [3.05, 3.63) is 33.9 Å². The zero-order valence-electron chi connectivity index (χ0n) is 18.9. The molecule has 0 spiro atoms. The molecule has 0 saturated heterocycles. The van der Waals surface area contributed by atoms with Crippen LogP contribution < -0.4 is 0 Å². The van der Waals surface area contributed by atoms with Crippen LogP contribution in [0.1, 0.15) is 93.0 Å². The van der Waals surface area contributed by atoms with Gasteiger partial charge in [-0.1, -0.05) is 18.9 Å². The van der Waals surface area contributed by atoms with Crippen LogP contribution in [0.4, 0.5) is 0 Å². The average Bonchev–Trinajstić information content (AvgIpc) is 3.43. The van der Waals surface area contributed by atoms with Crippen molar-refractivity contribution in [3.8, 4) is 0 Å². The van der Waals surface area contributed by atoms with Gasteiger partial charge in [0.1, 0.15) is 0 Å². The predicted molar refractivity (Wildman–Crippen MR) is 116 cm³/mol. The van der Waals surface area contributed by atoms with E-state index in [0.29, 0.717) is 6.42 Å². The Morgan fingerprint density at radius 3 is 2.14 bits per heavy atom. The van der Waals surface area contributed by atoms with Crippen LogP contribution in [-0.4, -0.2) is 22.2 Å². The van der Waals surface area contributed by atoms with Gasteiger partial charge in [0.25, 0.3) is 0 Å². The van der Waals surface area contributed by atoms with Gasteiger partial charge in [0, 0.05) is 0 Å². The lowest BCUT2D eigenvalue weighted by Gasteiger charge is -2.20. The van der Waals surface area contributed by atoms with Crippen LogP contribution in [-0.2, 0) is 22.4 Å². The van der Waals surface area contributed by atoms with Gasteiger partial charge >= 0.3 is 11.9 Å². The normalized spacial score (nSPS) is 15.3. The Kier molecular flexibility index (Phi) is 7.53. The van der Waals surface area contributed by atoms with E-state index < -0.39 is 22.8 Å². The molecule has 1 saturated carbocycles. The molecule has 162 valence electrons. The summed E-state index contributed by atoms with van der Waals surface area (Å²) in [5, 5.41) is 18.6. The van der Waals surface area contributed by atoms with Crippen molar-refractivity contribution < 1.29 is 19.8 Å². The molecular formula is C25H38O4. The van der Waals surface area contributed by atoms with E-state index in [1.165, 1.54) is 27.8 Å². The first-order chi connectivity index (χ1) is 13.5. The Morgan fingerprint density at radius 1 is 0.966 bits per heavy atom. The summed E-state index contributed by atoms with van der Waals surface area (Å²) >= 11 is 0. The Labute approximate surface area is 175 Å². The van der Waals surface area contributed by atoms with Crippen LogP contribution in [0.2, 0.25) is 0 Å². The van der Waals surface area contributed by atoms with Gasteiger partial charge in [-0.25, -0.2) is 0 Å². The van der Waals surface area contributed by atoms with Crippen LogP contribution in [0, 0.1) is 31.6 Å². The standard InChI is InChI=1S/C25H38O4/c1-17-16-20(10-6-8-12-24(4,5)22(26)27)21(19(3)18(17)2)11-7-9-13-25(14-15-25)23(28)29/h16H,6-15H2,1-5H3,(H,26,27)(H,28,29). The fourth-order valence-electron chi connectivity index (χ4n) is 4.27. The van der Waals surface area contributed by atoms with Crippen molar-refractivity contribution >= 4 is 11.9 Å². The molecule has 0 unspecified atom stereocenters. The molecule has 1 aromatic rings. The molecule has 29 heavy (non-hydrogen) atoms. The van der Waals surface area contributed by atoms with E-state index in [2.05, 4.69) is 26.8 Å². The Morgan fingerprint density at radius 2 is 1.59 bits per heavy atom. The maximum Gasteiger partial charge on any atom is 0.309 e. The lowest BCUT2D eigenvalue weighted by molar-refractivity contribution is -0.147. The summed E-state index contributed by atoms with van der Waals surface area (Å²) in [6.45, 7) is 10.1. The molecule has 1 aliphatic rings. The van der Waals surface area contributed by atoms with Gasteiger partial charge in [0.15, 0.2) is 0 Å². The highest BCUT2D eigenvalue weighted by molar-refractivity contribution is 5.77. The maximum absolute atomic E-state index is 11.4. The first-order valence-corrected chi connectivity index (χ1v) is 11.1. The summed E-state index contributed by atoms with van der Waals surface area (Å²) in [4.78, 5) is 22.7. The summed E-state index contributed by atoms with van der Waals surface area (Å²) in [5.41, 5.74) is 5.76. The van der Waals surface area contributed by atoms with E-state index in [0.717, 1.165) is 57.8 Å². The van der Waals surface area contributed by atoms with Gasteiger partial charge in [0.05, 0.1) is 10.8 Å². The third kappa shape index (κ3) is 5.83. The largest absolute Gasteiger partial charge is 0.481 e. The van der Waals surface area contributed by atoms with Crippen molar-refractivity contribution in [1.29, 1.82) is 0 Å². The lowest BCUT2D eigenvalue weighted by atomic mass is 9.85. The Balaban J connectivity index is 1.96. The number of aliphatic carboxylic acids is 2. The summed E-state index contributed by atoms with van der Waals surface area (Å²) in [6.07, 6.45) is 9.03. The number of hydrogen-bond donors (Lipinski definition) is 2. The van der Waals surface area contributed by atoms with Crippen molar-refractivity contribution in [2.24, 2.45) is 10.8 Å². The Hall–Kier alpha value is -1.84. The highest BCUT2D eigenvalue weighted by atomic mass is 16.4. The second-order valence-corrected chi connectivity index (χ2v) is 9.77. The summed E-state index contributed by atoms with van der Waals surface area (Å²) in [5.74, 6) is -1.35. The summed E-state index contributed by atoms with van der Waals surface area (Å²) in [6, 6.07) is 2.31. The third-order valence-corrected chi connectivity index (χ3v) is 7.10. The number of rotatable bonds is 12. The number of carboxylic acid groups (broad SMARTS) is 2. The van der Waals surface area contributed by atoms with Gasteiger partial charge in [-0.3, -0.25) is 9.59 Å². The monoisotopic (exact) mass is 402 g/mol. The SMILES string of the molecule is Cc1cc(CCCCC(C)(C)C(=O)O)c(CCCCC2(C(=O)O)CC2)c(C)c1C. The Bertz CT molecular complexity index is 757. The molecule has 1 aromatic carbocycles. The molecule has 0 aromatic heterocycles. The lowest BCUT2D eigenvalue weighted by Crippen LogP contribution is -2.23. The molecule has 0 aliphatic heterocycles. The highest BCUT2D eigenvalue weighted by Crippen LogP contribution is 2.50. The molecule has 2 rings (SSSR count).